The maximum Gasteiger partial charge on any atom is 0.245 e. The van der Waals surface area contributed by atoms with Crippen molar-refractivity contribution in [3.8, 4) is 0 Å². The van der Waals surface area contributed by atoms with E-state index < -0.39 is 0 Å². The normalized spacial score (nSPS) is 25.2. The molecule has 4 rings (SSSR count). The fourth-order valence-electron chi connectivity index (χ4n) is 3.77. The zero-order valence-corrected chi connectivity index (χ0v) is 15.4. The molecular formula is C16H24N6O2S. The molecule has 136 valence electrons. The average Bonchev–Trinajstić information content (AvgIpc) is 3.34. The van der Waals surface area contributed by atoms with Gasteiger partial charge in [0, 0.05) is 45.7 Å². The molecule has 3 saturated heterocycles. The zero-order valence-electron chi connectivity index (χ0n) is 14.6. The third-order valence-electron chi connectivity index (χ3n) is 5.31. The van der Waals surface area contributed by atoms with Gasteiger partial charge in [-0.2, -0.15) is 0 Å². The molecule has 25 heavy (non-hydrogen) atoms. The molecule has 0 N–H and O–H groups in total. The first kappa shape index (κ1) is 16.7. The van der Waals surface area contributed by atoms with Crippen LogP contribution in [0.3, 0.4) is 0 Å². The lowest BCUT2D eigenvalue weighted by Crippen LogP contribution is -2.52. The van der Waals surface area contributed by atoms with Crippen molar-refractivity contribution in [2.75, 3.05) is 56.1 Å². The summed E-state index contributed by atoms with van der Waals surface area (Å²) >= 11 is 1.43. The Labute approximate surface area is 151 Å². The van der Waals surface area contributed by atoms with E-state index in [1.807, 2.05) is 4.90 Å². The molecule has 9 heteroatoms. The third-order valence-corrected chi connectivity index (χ3v) is 6.29. The van der Waals surface area contributed by atoms with Gasteiger partial charge >= 0.3 is 0 Å². The van der Waals surface area contributed by atoms with E-state index in [0.717, 1.165) is 63.7 Å². The van der Waals surface area contributed by atoms with Crippen LogP contribution in [0.5, 0.6) is 0 Å². The summed E-state index contributed by atoms with van der Waals surface area (Å²) in [6, 6.07) is -0.140. The summed E-state index contributed by atoms with van der Waals surface area (Å²) < 4.78 is 0. The fraction of sp³-hybridized carbons (Fsp3) is 0.750. The Hall–Kier alpha value is -1.74. The average molecular weight is 364 g/mol. The van der Waals surface area contributed by atoms with Crippen LogP contribution in [0.15, 0.2) is 0 Å². The molecule has 1 aromatic heterocycles. The first-order valence-corrected chi connectivity index (χ1v) is 9.83. The monoisotopic (exact) mass is 364 g/mol. The highest BCUT2D eigenvalue weighted by molar-refractivity contribution is 7.19. The Balaban J connectivity index is 1.47. The van der Waals surface area contributed by atoms with Crippen LogP contribution in [0.25, 0.3) is 0 Å². The minimum Gasteiger partial charge on any atom is -0.338 e. The molecule has 0 saturated carbocycles. The Kier molecular flexibility index (Phi) is 4.60. The van der Waals surface area contributed by atoms with Gasteiger partial charge in [-0.25, -0.2) is 0 Å². The number of hydrogen-bond donors (Lipinski definition) is 0. The summed E-state index contributed by atoms with van der Waals surface area (Å²) in [5, 5.41) is 9.92. The van der Waals surface area contributed by atoms with Gasteiger partial charge in [-0.1, -0.05) is 11.3 Å². The van der Waals surface area contributed by atoms with Crippen LogP contribution in [0.2, 0.25) is 0 Å². The quantitative estimate of drug-likeness (QED) is 0.773. The number of nitrogens with zero attached hydrogens (tertiary/aromatic N) is 6. The van der Waals surface area contributed by atoms with Crippen LogP contribution in [-0.2, 0) is 9.59 Å². The molecule has 3 aliphatic rings. The van der Waals surface area contributed by atoms with E-state index in [-0.39, 0.29) is 17.9 Å². The molecule has 0 aromatic carbocycles. The topological polar surface area (TPSA) is 72.9 Å². The smallest absolute Gasteiger partial charge is 0.245 e. The van der Waals surface area contributed by atoms with Crippen molar-refractivity contribution >= 4 is 33.4 Å². The third kappa shape index (κ3) is 3.22. The van der Waals surface area contributed by atoms with E-state index in [4.69, 9.17) is 0 Å². The van der Waals surface area contributed by atoms with Gasteiger partial charge in [-0.05, 0) is 26.3 Å². The second-order valence-electron chi connectivity index (χ2n) is 7.00. The SMILES string of the molecule is CN1CCN(C(=O)C2CCCN2c2nnc(N3CCCC3=O)s2)CC1. The Bertz CT molecular complexity index is 657. The number of anilines is 2. The molecule has 0 aliphatic carbocycles. The van der Waals surface area contributed by atoms with Crippen LogP contribution in [-0.4, -0.2) is 84.2 Å². The minimum absolute atomic E-state index is 0.120. The first-order valence-electron chi connectivity index (χ1n) is 9.01. The number of hydrogen-bond acceptors (Lipinski definition) is 7. The van der Waals surface area contributed by atoms with Crippen molar-refractivity contribution in [2.45, 2.75) is 31.7 Å². The summed E-state index contributed by atoms with van der Waals surface area (Å²) in [5.74, 6) is 0.328. The van der Waals surface area contributed by atoms with Gasteiger partial charge in [0.25, 0.3) is 0 Å². The number of carbonyl (C=O) groups is 2. The highest BCUT2D eigenvalue weighted by Crippen LogP contribution is 2.34. The first-order chi connectivity index (χ1) is 12.1. The molecule has 0 bridgehead atoms. The van der Waals surface area contributed by atoms with Gasteiger partial charge in [0.2, 0.25) is 22.1 Å². The van der Waals surface area contributed by atoms with Gasteiger partial charge in [0.15, 0.2) is 0 Å². The zero-order chi connectivity index (χ0) is 17.4. The number of amides is 2. The molecule has 1 unspecified atom stereocenters. The van der Waals surface area contributed by atoms with Crippen LogP contribution in [0.1, 0.15) is 25.7 Å². The molecule has 1 aromatic rings. The Morgan fingerprint density at radius 3 is 2.52 bits per heavy atom. The summed E-state index contributed by atoms with van der Waals surface area (Å²) in [6.45, 7) is 4.99. The van der Waals surface area contributed by atoms with Gasteiger partial charge in [-0.15, -0.1) is 10.2 Å². The van der Waals surface area contributed by atoms with Crippen LogP contribution >= 0.6 is 11.3 Å². The second kappa shape index (κ2) is 6.87. The predicted molar refractivity (Wildman–Crippen MR) is 95.9 cm³/mol. The van der Waals surface area contributed by atoms with Crippen molar-refractivity contribution in [3.05, 3.63) is 0 Å². The van der Waals surface area contributed by atoms with Crippen LogP contribution in [0.4, 0.5) is 10.3 Å². The number of piperazine rings is 1. The maximum absolute atomic E-state index is 13.0. The number of rotatable bonds is 3. The number of aromatic nitrogens is 2. The van der Waals surface area contributed by atoms with E-state index in [1.165, 1.54) is 11.3 Å². The molecule has 2 amide bonds. The second-order valence-corrected chi connectivity index (χ2v) is 7.93. The Morgan fingerprint density at radius 2 is 1.80 bits per heavy atom. The molecule has 0 spiro atoms. The van der Waals surface area contributed by atoms with Gasteiger partial charge in [0.1, 0.15) is 6.04 Å². The van der Waals surface area contributed by atoms with Crippen molar-refractivity contribution < 1.29 is 9.59 Å². The van der Waals surface area contributed by atoms with E-state index in [2.05, 4.69) is 27.0 Å². The van der Waals surface area contributed by atoms with Crippen LogP contribution in [0, 0.1) is 0 Å². The summed E-state index contributed by atoms with van der Waals surface area (Å²) in [6.07, 6.45) is 3.32. The van der Waals surface area contributed by atoms with Crippen molar-refractivity contribution in [3.63, 3.8) is 0 Å². The molecule has 3 fully saturated rings. The van der Waals surface area contributed by atoms with Gasteiger partial charge in [0.05, 0.1) is 0 Å². The van der Waals surface area contributed by atoms with E-state index in [0.29, 0.717) is 11.6 Å². The van der Waals surface area contributed by atoms with Crippen molar-refractivity contribution in [2.24, 2.45) is 0 Å². The maximum atomic E-state index is 13.0. The molecule has 3 aliphatic heterocycles. The summed E-state index contributed by atoms with van der Waals surface area (Å²) in [7, 11) is 2.09. The van der Waals surface area contributed by atoms with Crippen LogP contribution < -0.4 is 9.80 Å². The molecule has 1 atom stereocenters. The molecule has 0 radical (unpaired) electrons. The van der Waals surface area contributed by atoms with Gasteiger partial charge < -0.3 is 14.7 Å². The fourth-order valence-corrected chi connectivity index (χ4v) is 4.74. The number of likely N-dealkylation sites (N-methyl/N-ethyl adjacent to an activating group) is 1. The summed E-state index contributed by atoms with van der Waals surface area (Å²) in [4.78, 5) is 32.9. The minimum atomic E-state index is -0.140. The number of carbonyl (C=O) groups excluding carboxylic acids is 2. The molecule has 4 heterocycles. The molecule has 8 nitrogen and oxygen atoms in total. The Morgan fingerprint density at radius 1 is 1.04 bits per heavy atom. The van der Waals surface area contributed by atoms with Crippen molar-refractivity contribution in [1.29, 1.82) is 0 Å². The highest BCUT2D eigenvalue weighted by Gasteiger charge is 2.37. The lowest BCUT2D eigenvalue weighted by molar-refractivity contribution is -0.134. The lowest BCUT2D eigenvalue weighted by Gasteiger charge is -2.35. The van der Waals surface area contributed by atoms with Crippen molar-refractivity contribution in [1.82, 2.24) is 20.0 Å². The van der Waals surface area contributed by atoms with E-state index in [9.17, 15) is 9.59 Å². The van der Waals surface area contributed by atoms with E-state index in [1.54, 1.807) is 4.90 Å². The predicted octanol–water partition coefficient (Wildman–Crippen LogP) is 0.408. The highest BCUT2D eigenvalue weighted by atomic mass is 32.1. The largest absolute Gasteiger partial charge is 0.338 e. The van der Waals surface area contributed by atoms with E-state index >= 15 is 0 Å². The van der Waals surface area contributed by atoms with Gasteiger partial charge in [-0.3, -0.25) is 14.5 Å². The summed E-state index contributed by atoms with van der Waals surface area (Å²) in [5.41, 5.74) is 0. The lowest BCUT2D eigenvalue weighted by atomic mass is 10.2. The molecular weight excluding hydrogens is 340 g/mol. The standard InChI is InChI=1S/C16H24N6O2S/c1-19-8-10-20(11-9-19)14(24)12-4-2-6-21(12)15-17-18-16(25-15)22-7-3-5-13(22)23/h12H,2-11H2,1H3.